The SMILES string of the molecule is CC(C)Oc1ccc(C2(O)OC(=O)C(c3ccc4nsnc4c3)=C2Cc2ccc(N(C)C)cc2)cc1.CN(C)c1ccc(C=O)cc1. The van der Waals surface area contributed by atoms with Crippen LogP contribution in [0.3, 0.4) is 0 Å². The van der Waals surface area contributed by atoms with Crippen molar-refractivity contribution in [3.8, 4) is 5.75 Å². The van der Waals surface area contributed by atoms with Gasteiger partial charge in [0.25, 0.3) is 5.79 Å². The predicted octanol–water partition coefficient (Wildman–Crippen LogP) is 6.51. The summed E-state index contributed by atoms with van der Waals surface area (Å²) >= 11 is 1.12. The Balaban J connectivity index is 0.000000335. The van der Waals surface area contributed by atoms with Crippen LogP contribution >= 0.6 is 11.7 Å². The zero-order chi connectivity index (χ0) is 33.7. The Hall–Kier alpha value is -5.06. The number of aliphatic hydroxyl groups is 1. The first-order chi connectivity index (χ1) is 22.5. The fraction of sp³-hybridized carbons (Fsp3) is 0.243. The van der Waals surface area contributed by atoms with Crippen LogP contribution in [0.15, 0.2) is 96.6 Å². The average molecular weight is 651 g/mol. The summed E-state index contributed by atoms with van der Waals surface area (Å²) in [5.41, 5.74) is 7.19. The third kappa shape index (κ3) is 7.51. The molecule has 6 rings (SSSR count). The maximum Gasteiger partial charge on any atom is 0.342 e. The van der Waals surface area contributed by atoms with Gasteiger partial charge in [0.05, 0.1) is 23.4 Å². The minimum Gasteiger partial charge on any atom is -0.491 e. The Labute approximate surface area is 279 Å². The first-order valence-electron chi connectivity index (χ1n) is 15.2. The summed E-state index contributed by atoms with van der Waals surface area (Å²) in [6.45, 7) is 3.90. The number of hydrogen-bond acceptors (Lipinski definition) is 10. The van der Waals surface area contributed by atoms with E-state index >= 15 is 0 Å². The number of anilines is 2. The van der Waals surface area contributed by atoms with Crippen molar-refractivity contribution in [1.29, 1.82) is 0 Å². The molecule has 0 saturated carbocycles. The monoisotopic (exact) mass is 650 g/mol. The van der Waals surface area contributed by atoms with E-state index in [1.54, 1.807) is 24.3 Å². The van der Waals surface area contributed by atoms with Crippen molar-refractivity contribution in [2.75, 3.05) is 38.0 Å². The molecule has 1 aliphatic heterocycles. The highest BCUT2D eigenvalue weighted by molar-refractivity contribution is 7.00. The summed E-state index contributed by atoms with van der Waals surface area (Å²) < 4.78 is 20.0. The number of carbonyl (C=O) groups is 2. The normalized spacial score (nSPS) is 15.7. The third-order valence-electron chi connectivity index (χ3n) is 7.69. The van der Waals surface area contributed by atoms with Gasteiger partial charge in [-0.15, -0.1) is 0 Å². The van der Waals surface area contributed by atoms with Crippen molar-refractivity contribution in [2.24, 2.45) is 0 Å². The molecule has 0 spiro atoms. The summed E-state index contributed by atoms with van der Waals surface area (Å²) in [7, 11) is 7.90. The Morgan fingerprint density at radius 3 is 2.02 bits per heavy atom. The number of ether oxygens (including phenoxy) is 2. The van der Waals surface area contributed by atoms with E-state index in [-0.39, 0.29) is 6.10 Å². The molecule has 10 heteroatoms. The number of nitrogens with zero attached hydrogens (tertiary/aromatic N) is 4. The van der Waals surface area contributed by atoms with Gasteiger partial charge < -0.3 is 24.4 Å². The van der Waals surface area contributed by atoms with Gasteiger partial charge >= 0.3 is 5.97 Å². The zero-order valence-corrected chi connectivity index (χ0v) is 28.1. The van der Waals surface area contributed by atoms with Gasteiger partial charge in [0.15, 0.2) is 0 Å². The Morgan fingerprint density at radius 1 is 0.851 bits per heavy atom. The van der Waals surface area contributed by atoms with Crippen LogP contribution in [-0.2, 0) is 21.7 Å². The van der Waals surface area contributed by atoms with E-state index in [1.807, 2.05) is 119 Å². The fourth-order valence-electron chi connectivity index (χ4n) is 5.21. The number of fused-ring (bicyclic) bond motifs is 1. The van der Waals surface area contributed by atoms with Crippen molar-refractivity contribution in [3.05, 3.63) is 119 Å². The lowest BCUT2D eigenvalue weighted by molar-refractivity contribution is -0.185. The molecule has 2 heterocycles. The zero-order valence-electron chi connectivity index (χ0n) is 27.3. The summed E-state index contributed by atoms with van der Waals surface area (Å²) in [6.07, 6.45) is 1.19. The molecule has 0 radical (unpaired) electrons. The molecular weight excluding hydrogens is 612 g/mol. The van der Waals surface area contributed by atoms with Crippen LogP contribution in [0, 0.1) is 0 Å². The number of rotatable bonds is 9. The third-order valence-corrected chi connectivity index (χ3v) is 8.25. The van der Waals surface area contributed by atoms with Crippen LogP contribution in [0.25, 0.3) is 16.6 Å². The largest absolute Gasteiger partial charge is 0.491 e. The number of esters is 1. The first-order valence-corrected chi connectivity index (χ1v) is 15.9. The van der Waals surface area contributed by atoms with E-state index < -0.39 is 11.8 Å². The molecule has 4 aromatic carbocycles. The van der Waals surface area contributed by atoms with Gasteiger partial charge in [0.2, 0.25) is 0 Å². The average Bonchev–Trinajstić information content (AvgIpc) is 3.63. The number of carbonyl (C=O) groups excluding carboxylic acids is 2. The van der Waals surface area contributed by atoms with E-state index in [0.717, 1.165) is 46.0 Å². The molecule has 1 aromatic heterocycles. The first kappa shape index (κ1) is 33.3. The summed E-state index contributed by atoms with van der Waals surface area (Å²) in [5.74, 6) is -1.83. The van der Waals surface area contributed by atoms with E-state index in [1.165, 1.54) is 0 Å². The molecule has 1 N–H and O–H groups in total. The predicted molar refractivity (Wildman–Crippen MR) is 187 cm³/mol. The number of cyclic esters (lactones) is 1. The van der Waals surface area contributed by atoms with Crippen LogP contribution in [0.4, 0.5) is 11.4 Å². The molecule has 0 bridgehead atoms. The maximum atomic E-state index is 13.3. The number of benzene rings is 4. The molecule has 242 valence electrons. The maximum absolute atomic E-state index is 13.3. The lowest BCUT2D eigenvalue weighted by Crippen LogP contribution is -2.29. The second-order valence-corrected chi connectivity index (χ2v) is 12.4. The van der Waals surface area contributed by atoms with Crippen LogP contribution in [0.1, 0.15) is 40.9 Å². The van der Waals surface area contributed by atoms with Crippen LogP contribution in [0.5, 0.6) is 5.75 Å². The highest BCUT2D eigenvalue weighted by Crippen LogP contribution is 2.45. The molecule has 0 aliphatic carbocycles. The summed E-state index contributed by atoms with van der Waals surface area (Å²) in [4.78, 5) is 27.6. The highest BCUT2D eigenvalue weighted by Gasteiger charge is 2.48. The van der Waals surface area contributed by atoms with Crippen molar-refractivity contribution >= 4 is 52.0 Å². The molecule has 1 aliphatic rings. The molecule has 0 saturated heterocycles. The second-order valence-electron chi connectivity index (χ2n) is 11.9. The van der Waals surface area contributed by atoms with Crippen molar-refractivity contribution in [3.63, 3.8) is 0 Å². The molecule has 0 amide bonds. The number of aromatic nitrogens is 2. The minimum absolute atomic E-state index is 0.0190. The van der Waals surface area contributed by atoms with Crippen molar-refractivity contribution < 1.29 is 24.2 Å². The van der Waals surface area contributed by atoms with E-state index in [4.69, 9.17) is 9.47 Å². The van der Waals surface area contributed by atoms with Gasteiger partial charge in [0.1, 0.15) is 23.1 Å². The van der Waals surface area contributed by atoms with E-state index in [2.05, 4.69) is 8.75 Å². The van der Waals surface area contributed by atoms with Crippen LogP contribution in [0.2, 0.25) is 0 Å². The van der Waals surface area contributed by atoms with Gasteiger partial charge in [-0.05, 0) is 97.8 Å². The highest BCUT2D eigenvalue weighted by atomic mass is 32.1. The van der Waals surface area contributed by atoms with Gasteiger partial charge in [0, 0.05) is 62.7 Å². The summed E-state index contributed by atoms with van der Waals surface area (Å²) in [6, 6.07) is 27.9. The molecule has 47 heavy (non-hydrogen) atoms. The lowest BCUT2D eigenvalue weighted by Gasteiger charge is -2.26. The molecule has 1 atom stereocenters. The van der Waals surface area contributed by atoms with Gasteiger partial charge in [-0.1, -0.05) is 18.2 Å². The van der Waals surface area contributed by atoms with Crippen molar-refractivity contribution in [1.82, 2.24) is 8.75 Å². The number of aldehydes is 1. The lowest BCUT2D eigenvalue weighted by atomic mass is 9.88. The standard InChI is InChI=1S/C28H27N3O4S.C9H11NO/c1-17(2)34-22-12-8-20(9-13-22)28(33)23(15-18-5-10-21(11-6-18)31(3)4)26(27(32)35-28)19-7-14-24-25(16-19)30-36-29-24;1-10(2)9-5-3-8(7-11)4-6-9/h5-14,16-17,33H,15H2,1-4H3;3-7H,1-2H3. The Morgan fingerprint density at radius 2 is 1.45 bits per heavy atom. The molecule has 1 unspecified atom stereocenters. The van der Waals surface area contributed by atoms with Crippen LogP contribution in [-0.4, -0.2) is 60.4 Å². The number of hydrogen-bond donors (Lipinski definition) is 1. The molecule has 9 nitrogen and oxygen atoms in total. The smallest absolute Gasteiger partial charge is 0.342 e. The molecular formula is C37H38N4O5S. The van der Waals surface area contributed by atoms with Gasteiger partial charge in [-0.3, -0.25) is 4.79 Å². The Bertz CT molecular complexity index is 1880. The van der Waals surface area contributed by atoms with Gasteiger partial charge in [-0.25, -0.2) is 4.79 Å². The van der Waals surface area contributed by atoms with Gasteiger partial charge in [-0.2, -0.15) is 8.75 Å². The minimum atomic E-state index is -1.92. The fourth-order valence-corrected chi connectivity index (χ4v) is 5.73. The van der Waals surface area contributed by atoms with Crippen molar-refractivity contribution in [2.45, 2.75) is 32.2 Å². The molecule has 5 aromatic rings. The second kappa shape index (κ2) is 14.1. The van der Waals surface area contributed by atoms with Crippen LogP contribution < -0.4 is 14.5 Å². The topological polar surface area (TPSA) is 105 Å². The Kier molecular flexibility index (Phi) is 10.0. The quantitative estimate of drug-likeness (QED) is 0.141. The molecule has 0 fully saturated rings. The summed E-state index contributed by atoms with van der Waals surface area (Å²) in [5, 5.41) is 11.9. The van der Waals surface area contributed by atoms with E-state index in [0.29, 0.717) is 40.0 Å². The van der Waals surface area contributed by atoms with E-state index in [9.17, 15) is 14.7 Å².